The van der Waals surface area contributed by atoms with E-state index >= 15 is 0 Å². The first-order valence-corrected chi connectivity index (χ1v) is 20.3. The first-order chi connectivity index (χ1) is 28.5. The van der Waals surface area contributed by atoms with Crippen LogP contribution in [0.5, 0.6) is 0 Å². The summed E-state index contributed by atoms with van der Waals surface area (Å²) in [6, 6.07) is 53.4. The second kappa shape index (κ2) is 18.1. The smallest absolute Gasteiger partial charge is 0.128 e. The van der Waals surface area contributed by atoms with Gasteiger partial charge in [-0.3, -0.25) is 15.3 Å². The molecule has 0 fully saturated rings. The third-order valence-electron chi connectivity index (χ3n) is 11.2. The molecule has 0 saturated heterocycles. The number of hydrogen-bond donors (Lipinski definition) is 2. The molecule has 4 nitrogen and oxygen atoms in total. The quantitative estimate of drug-likeness (QED) is 0.122. The molecule has 0 spiro atoms. The van der Waals surface area contributed by atoms with Crippen LogP contribution >= 0.6 is 0 Å². The maximum atomic E-state index is 5.48. The third-order valence-corrected chi connectivity index (χ3v) is 11.2. The van der Waals surface area contributed by atoms with Gasteiger partial charge in [0.15, 0.2) is 0 Å². The summed E-state index contributed by atoms with van der Waals surface area (Å²) < 4.78 is 0. The van der Waals surface area contributed by atoms with Crippen molar-refractivity contribution in [3.63, 3.8) is 0 Å². The maximum Gasteiger partial charge on any atom is 0.128 e. The molecule has 5 aromatic carbocycles. The summed E-state index contributed by atoms with van der Waals surface area (Å²) in [6.45, 7) is 11.1. The van der Waals surface area contributed by atoms with Crippen LogP contribution in [-0.4, -0.2) is 10.7 Å². The minimum Gasteiger partial charge on any atom is -0.375 e. The van der Waals surface area contributed by atoms with E-state index in [1.165, 1.54) is 22.3 Å². The lowest BCUT2D eigenvalue weighted by Gasteiger charge is -2.27. The van der Waals surface area contributed by atoms with Gasteiger partial charge in [0.25, 0.3) is 0 Å². The molecule has 2 heterocycles. The van der Waals surface area contributed by atoms with E-state index in [1.807, 2.05) is 18.3 Å². The van der Waals surface area contributed by atoms with Crippen LogP contribution in [-0.2, 0) is 0 Å². The van der Waals surface area contributed by atoms with Gasteiger partial charge in [-0.05, 0) is 81.8 Å². The number of pyridine rings is 1. The lowest BCUT2D eigenvalue weighted by molar-refractivity contribution is 0.370. The fraction of sp³-hybridized carbons (Fsp3) is 0.148. The molecule has 0 radical (unpaired) electrons. The van der Waals surface area contributed by atoms with Gasteiger partial charge in [-0.15, -0.1) is 0 Å². The van der Waals surface area contributed by atoms with Gasteiger partial charge in [0.1, 0.15) is 6.17 Å². The Morgan fingerprint density at radius 1 is 0.776 bits per heavy atom. The number of nitrogens with zero attached hydrogens (tertiary/aromatic N) is 2. The fourth-order valence-corrected chi connectivity index (χ4v) is 8.13. The Morgan fingerprint density at radius 2 is 1.47 bits per heavy atom. The molecule has 2 aliphatic rings. The second-order valence-corrected chi connectivity index (χ2v) is 15.2. The van der Waals surface area contributed by atoms with E-state index in [0.29, 0.717) is 5.92 Å². The highest BCUT2D eigenvalue weighted by Gasteiger charge is 2.30. The van der Waals surface area contributed by atoms with Gasteiger partial charge < -0.3 is 5.32 Å². The first-order valence-electron chi connectivity index (χ1n) is 20.3. The van der Waals surface area contributed by atoms with Crippen molar-refractivity contribution in [1.82, 2.24) is 15.6 Å². The van der Waals surface area contributed by atoms with Crippen LogP contribution in [0.15, 0.2) is 218 Å². The average Bonchev–Trinajstić information content (AvgIpc) is 3.47. The Balaban J connectivity index is 1.16. The molecule has 1 aliphatic carbocycles. The van der Waals surface area contributed by atoms with Gasteiger partial charge >= 0.3 is 0 Å². The predicted molar refractivity (Wildman–Crippen MR) is 243 cm³/mol. The lowest BCUT2D eigenvalue weighted by atomic mass is 9.89. The molecule has 4 atom stereocenters. The molecule has 0 saturated carbocycles. The van der Waals surface area contributed by atoms with Crippen molar-refractivity contribution < 1.29 is 0 Å². The van der Waals surface area contributed by atoms with Crippen molar-refractivity contribution in [2.24, 2.45) is 10.9 Å². The summed E-state index contributed by atoms with van der Waals surface area (Å²) in [7, 11) is 0. The van der Waals surface area contributed by atoms with E-state index in [2.05, 4.69) is 201 Å². The van der Waals surface area contributed by atoms with Crippen LogP contribution in [0.4, 0.5) is 0 Å². The number of hydrogen-bond acceptors (Lipinski definition) is 4. The minimum absolute atomic E-state index is 0.104. The zero-order valence-corrected chi connectivity index (χ0v) is 33.1. The van der Waals surface area contributed by atoms with Gasteiger partial charge in [-0.1, -0.05) is 190 Å². The molecule has 1 aromatic heterocycles. The number of aromatic nitrogens is 1. The van der Waals surface area contributed by atoms with Crippen LogP contribution < -0.4 is 10.6 Å². The Morgan fingerprint density at radius 3 is 2.17 bits per heavy atom. The highest BCUT2D eigenvalue weighted by atomic mass is 15.1. The maximum absolute atomic E-state index is 5.48. The minimum atomic E-state index is -0.311. The van der Waals surface area contributed by atoms with Crippen LogP contribution in [0.1, 0.15) is 72.3 Å². The summed E-state index contributed by atoms with van der Waals surface area (Å²) in [5.74, 6) is 0.313. The van der Waals surface area contributed by atoms with Gasteiger partial charge in [0, 0.05) is 34.8 Å². The van der Waals surface area contributed by atoms with Gasteiger partial charge in [-0.25, -0.2) is 0 Å². The van der Waals surface area contributed by atoms with Crippen LogP contribution in [0.2, 0.25) is 0 Å². The highest BCUT2D eigenvalue weighted by Crippen LogP contribution is 2.37. The molecule has 2 N–H and O–H groups in total. The summed E-state index contributed by atoms with van der Waals surface area (Å²) in [5.41, 5.74) is 14.2. The van der Waals surface area contributed by atoms with Crippen molar-refractivity contribution in [3.8, 4) is 22.4 Å². The van der Waals surface area contributed by atoms with Crippen molar-refractivity contribution in [3.05, 3.63) is 240 Å². The SMILES string of the molecule is C=C/C(=C\C(NC(=C)C1=CC=CCC1)c1ccc(-c2ccccc2)cc1)c1cccc(-c2ncccc2C2N=C(c3ccccc3)C[C@H](C)[C@H](c3ccccc3)N2)c1. The summed E-state index contributed by atoms with van der Waals surface area (Å²) in [6.07, 6.45) is 15.1. The highest BCUT2D eigenvalue weighted by molar-refractivity contribution is 6.01. The monoisotopic (exact) mass is 754 g/mol. The third kappa shape index (κ3) is 8.83. The summed E-state index contributed by atoms with van der Waals surface area (Å²) in [4.78, 5) is 10.5. The van der Waals surface area contributed by atoms with Gasteiger partial charge in [-0.2, -0.15) is 0 Å². The molecule has 286 valence electrons. The molecule has 4 heteroatoms. The fourth-order valence-electron chi connectivity index (χ4n) is 8.13. The molecular formula is C54H50N4. The van der Waals surface area contributed by atoms with E-state index in [9.17, 15) is 0 Å². The van der Waals surface area contributed by atoms with Crippen LogP contribution in [0, 0.1) is 5.92 Å². The van der Waals surface area contributed by atoms with Crippen molar-refractivity contribution in [1.29, 1.82) is 0 Å². The summed E-state index contributed by atoms with van der Waals surface area (Å²) >= 11 is 0. The van der Waals surface area contributed by atoms with Crippen molar-refractivity contribution in [2.45, 2.75) is 44.4 Å². The first kappa shape index (κ1) is 38.3. The zero-order valence-electron chi connectivity index (χ0n) is 33.1. The predicted octanol–water partition coefficient (Wildman–Crippen LogP) is 13.0. The largest absolute Gasteiger partial charge is 0.375 e. The Kier molecular flexibility index (Phi) is 11.9. The lowest BCUT2D eigenvalue weighted by Crippen LogP contribution is -2.28. The molecule has 6 aromatic rings. The van der Waals surface area contributed by atoms with Gasteiger partial charge in [0.2, 0.25) is 0 Å². The molecule has 2 unspecified atom stereocenters. The van der Waals surface area contributed by atoms with Crippen LogP contribution in [0.3, 0.4) is 0 Å². The Labute approximate surface area is 343 Å². The molecule has 0 bridgehead atoms. The number of aliphatic imine (C=N–C) groups is 1. The molecule has 8 rings (SSSR count). The number of benzene rings is 5. The summed E-state index contributed by atoms with van der Waals surface area (Å²) in [5, 5.41) is 7.76. The average molecular weight is 755 g/mol. The Hall–Kier alpha value is -6.62. The van der Waals surface area contributed by atoms with Crippen LogP contribution in [0.25, 0.3) is 28.0 Å². The topological polar surface area (TPSA) is 49.3 Å². The van der Waals surface area contributed by atoms with E-state index < -0.39 is 0 Å². The number of nitrogens with one attached hydrogen (secondary N) is 2. The molecule has 58 heavy (non-hydrogen) atoms. The second-order valence-electron chi connectivity index (χ2n) is 15.2. The van der Waals surface area contributed by atoms with E-state index in [4.69, 9.17) is 9.98 Å². The van der Waals surface area contributed by atoms with Gasteiger partial charge in [0.05, 0.1) is 11.7 Å². The molecular weight excluding hydrogens is 705 g/mol. The normalized spacial score (nSPS) is 18.6. The standard InChI is InChI=1S/C54H50N4/c1-4-40(37-51(56-39(3)41-19-9-5-10-20-41)45-32-30-43(31-33-45)42-21-11-6-12-22-42)47-27-17-28-48(36-47)53-49(29-18-34-55-53)54-57-50(44-23-13-7-14-24-44)35-38(2)52(58-54)46-25-15-8-16-26-46/h4-9,11-19,21-34,36-38,51-52,54,56,58H,1,3,10,20,35H2,2H3/b40-37+/t38-,51?,52+,54?/m0/s1. The number of allylic oxidation sites excluding steroid dienone is 6. The molecule has 0 amide bonds. The zero-order chi connectivity index (χ0) is 39.7. The van der Waals surface area contributed by atoms with E-state index in [1.54, 1.807) is 0 Å². The van der Waals surface area contributed by atoms with E-state index in [-0.39, 0.29) is 18.2 Å². The molecule has 1 aliphatic heterocycles. The number of rotatable bonds is 12. The van der Waals surface area contributed by atoms with Crippen molar-refractivity contribution in [2.75, 3.05) is 0 Å². The Bertz CT molecular complexity index is 2480. The van der Waals surface area contributed by atoms with Crippen molar-refractivity contribution >= 4 is 11.3 Å². The van der Waals surface area contributed by atoms with E-state index in [0.717, 1.165) is 69.8 Å².